The molecular formula is C16H21ClN2O2. The van der Waals surface area contributed by atoms with E-state index in [0.717, 1.165) is 29.6 Å². The van der Waals surface area contributed by atoms with Crippen LogP contribution in [0.5, 0.6) is 0 Å². The molecule has 2 rings (SSSR count). The lowest BCUT2D eigenvalue weighted by Crippen LogP contribution is -2.21. The lowest BCUT2D eigenvalue weighted by atomic mass is 10.2. The van der Waals surface area contributed by atoms with E-state index in [1.807, 2.05) is 38.1 Å². The zero-order chi connectivity index (χ0) is 15.1. The molecule has 2 aromatic rings. The molecule has 0 amide bonds. The highest BCUT2D eigenvalue weighted by Crippen LogP contribution is 2.27. The lowest BCUT2D eigenvalue weighted by Gasteiger charge is -2.17. The first-order chi connectivity index (χ1) is 10.3. The summed E-state index contributed by atoms with van der Waals surface area (Å²) in [6.45, 7) is 5.98. The van der Waals surface area contributed by atoms with E-state index in [1.165, 1.54) is 0 Å². The molecular weight excluding hydrogens is 288 g/mol. The number of aromatic nitrogens is 1. The molecule has 0 atom stereocenters. The number of nitrogens with zero attached hydrogens (tertiary/aromatic N) is 1. The highest BCUT2D eigenvalue weighted by molar-refractivity contribution is 6.35. The fourth-order valence-corrected chi connectivity index (χ4v) is 2.41. The fraction of sp³-hybridized carbons (Fsp3) is 0.438. The summed E-state index contributed by atoms with van der Waals surface area (Å²) in [5.74, 6) is 0. The van der Waals surface area contributed by atoms with Crippen LogP contribution in [-0.2, 0) is 9.47 Å². The summed E-state index contributed by atoms with van der Waals surface area (Å²) >= 11 is 6.19. The van der Waals surface area contributed by atoms with Gasteiger partial charge in [0.25, 0.3) is 0 Å². The Balaban J connectivity index is 2.02. The number of fused-ring (bicyclic) bond motifs is 1. The minimum Gasteiger partial charge on any atom is -0.383 e. The zero-order valence-corrected chi connectivity index (χ0v) is 13.2. The van der Waals surface area contributed by atoms with Crippen LogP contribution in [0.2, 0.25) is 5.02 Å². The van der Waals surface area contributed by atoms with Gasteiger partial charge in [0.2, 0.25) is 0 Å². The lowest BCUT2D eigenvalue weighted by molar-refractivity contribution is -0.137. The van der Waals surface area contributed by atoms with Gasteiger partial charge >= 0.3 is 0 Å². The zero-order valence-electron chi connectivity index (χ0n) is 12.4. The van der Waals surface area contributed by atoms with Gasteiger partial charge in [-0.3, -0.25) is 4.98 Å². The minimum absolute atomic E-state index is 0.168. The summed E-state index contributed by atoms with van der Waals surface area (Å²) in [6.07, 6.45) is 2.38. The molecule has 0 unspecified atom stereocenters. The first-order valence-corrected chi connectivity index (χ1v) is 7.64. The van der Waals surface area contributed by atoms with Crippen molar-refractivity contribution in [2.45, 2.75) is 26.6 Å². The third kappa shape index (κ3) is 4.30. The number of hydrogen-bond donors (Lipinski definition) is 1. The SMILES string of the molecule is CCOC(CCNc1ccc(Cl)c2cccnc12)OCC. The molecule has 0 fully saturated rings. The van der Waals surface area contributed by atoms with Crippen molar-refractivity contribution >= 4 is 28.2 Å². The number of anilines is 1. The van der Waals surface area contributed by atoms with Gasteiger partial charge in [-0.1, -0.05) is 11.6 Å². The van der Waals surface area contributed by atoms with Crippen LogP contribution < -0.4 is 5.32 Å². The van der Waals surface area contributed by atoms with E-state index >= 15 is 0 Å². The highest BCUT2D eigenvalue weighted by Gasteiger charge is 2.09. The van der Waals surface area contributed by atoms with Crippen molar-refractivity contribution in [3.8, 4) is 0 Å². The summed E-state index contributed by atoms with van der Waals surface area (Å²) in [4.78, 5) is 4.40. The van der Waals surface area contributed by atoms with E-state index in [9.17, 15) is 0 Å². The van der Waals surface area contributed by atoms with Crippen LogP contribution in [0.1, 0.15) is 20.3 Å². The molecule has 0 radical (unpaired) electrons. The van der Waals surface area contributed by atoms with Gasteiger partial charge in [0.15, 0.2) is 6.29 Å². The maximum atomic E-state index is 6.19. The predicted molar refractivity (Wildman–Crippen MR) is 86.9 cm³/mol. The Morgan fingerprint density at radius 2 is 1.95 bits per heavy atom. The third-order valence-electron chi connectivity index (χ3n) is 3.12. The van der Waals surface area contributed by atoms with Crippen LogP contribution in [-0.4, -0.2) is 31.0 Å². The maximum absolute atomic E-state index is 6.19. The molecule has 0 spiro atoms. The van der Waals surface area contributed by atoms with Gasteiger partial charge < -0.3 is 14.8 Å². The second kappa shape index (κ2) is 8.17. The first-order valence-electron chi connectivity index (χ1n) is 7.26. The van der Waals surface area contributed by atoms with Crippen molar-refractivity contribution in [1.82, 2.24) is 4.98 Å². The Labute approximate surface area is 130 Å². The van der Waals surface area contributed by atoms with Gasteiger partial charge in [-0.2, -0.15) is 0 Å². The van der Waals surface area contributed by atoms with Crippen LogP contribution in [0.25, 0.3) is 10.9 Å². The standard InChI is InChI=1S/C16H21ClN2O2/c1-3-20-15(21-4-2)9-11-18-14-8-7-13(17)12-6-5-10-19-16(12)14/h5-8,10,15,18H,3-4,9,11H2,1-2H3. The summed E-state index contributed by atoms with van der Waals surface area (Å²) in [5, 5.41) is 5.05. The molecule has 0 saturated heterocycles. The third-order valence-corrected chi connectivity index (χ3v) is 3.45. The highest BCUT2D eigenvalue weighted by atomic mass is 35.5. The largest absolute Gasteiger partial charge is 0.383 e. The van der Waals surface area contributed by atoms with Crippen molar-refractivity contribution in [1.29, 1.82) is 0 Å². The average Bonchev–Trinajstić information content (AvgIpc) is 2.50. The fourth-order valence-electron chi connectivity index (χ4n) is 2.19. The number of hydrogen-bond acceptors (Lipinski definition) is 4. The second-order valence-electron chi connectivity index (χ2n) is 4.55. The molecule has 1 heterocycles. The normalized spacial score (nSPS) is 11.2. The van der Waals surface area contributed by atoms with Crippen molar-refractivity contribution < 1.29 is 9.47 Å². The number of rotatable bonds is 8. The smallest absolute Gasteiger partial charge is 0.159 e. The average molecular weight is 309 g/mol. The maximum Gasteiger partial charge on any atom is 0.159 e. The van der Waals surface area contributed by atoms with E-state index in [4.69, 9.17) is 21.1 Å². The quantitative estimate of drug-likeness (QED) is 0.746. The Bertz CT molecular complexity index is 571. The van der Waals surface area contributed by atoms with Crippen LogP contribution in [0.15, 0.2) is 30.5 Å². The van der Waals surface area contributed by atoms with Crippen molar-refractivity contribution in [3.05, 3.63) is 35.5 Å². The molecule has 4 nitrogen and oxygen atoms in total. The molecule has 0 bridgehead atoms. The predicted octanol–water partition coefficient (Wildman–Crippen LogP) is 4.09. The molecule has 0 aliphatic heterocycles. The van der Waals surface area contributed by atoms with E-state index in [0.29, 0.717) is 18.2 Å². The summed E-state index contributed by atoms with van der Waals surface area (Å²) < 4.78 is 11.1. The molecule has 0 saturated carbocycles. The molecule has 0 aliphatic rings. The number of ether oxygens (including phenoxy) is 2. The minimum atomic E-state index is -0.168. The molecule has 1 aromatic heterocycles. The van der Waals surface area contributed by atoms with Crippen LogP contribution in [0.3, 0.4) is 0 Å². The van der Waals surface area contributed by atoms with Gasteiger partial charge in [-0.25, -0.2) is 0 Å². The van der Waals surface area contributed by atoms with Gasteiger partial charge in [0.1, 0.15) is 0 Å². The molecule has 1 N–H and O–H groups in total. The van der Waals surface area contributed by atoms with E-state index in [1.54, 1.807) is 6.20 Å². The molecule has 21 heavy (non-hydrogen) atoms. The first kappa shape index (κ1) is 16.0. The Kier molecular flexibility index (Phi) is 6.23. The summed E-state index contributed by atoms with van der Waals surface area (Å²) in [5.41, 5.74) is 1.86. The second-order valence-corrected chi connectivity index (χ2v) is 4.96. The Hall–Kier alpha value is -1.36. The van der Waals surface area contributed by atoms with Crippen molar-refractivity contribution in [2.75, 3.05) is 25.1 Å². The van der Waals surface area contributed by atoms with Crippen molar-refractivity contribution in [3.63, 3.8) is 0 Å². The number of pyridine rings is 1. The van der Waals surface area contributed by atoms with Crippen molar-refractivity contribution in [2.24, 2.45) is 0 Å². The molecule has 114 valence electrons. The van der Waals surface area contributed by atoms with Gasteiger partial charge in [0.05, 0.1) is 16.2 Å². The number of halogens is 1. The van der Waals surface area contributed by atoms with E-state index < -0.39 is 0 Å². The topological polar surface area (TPSA) is 43.4 Å². The van der Waals surface area contributed by atoms with Gasteiger partial charge in [-0.05, 0) is 38.1 Å². The number of benzene rings is 1. The summed E-state index contributed by atoms with van der Waals surface area (Å²) in [6, 6.07) is 7.70. The van der Waals surface area contributed by atoms with Gasteiger partial charge in [0, 0.05) is 37.8 Å². The van der Waals surface area contributed by atoms with Crippen LogP contribution >= 0.6 is 11.6 Å². The Morgan fingerprint density at radius 1 is 1.19 bits per heavy atom. The van der Waals surface area contributed by atoms with E-state index in [2.05, 4.69) is 10.3 Å². The molecule has 5 heteroatoms. The van der Waals surface area contributed by atoms with E-state index in [-0.39, 0.29) is 6.29 Å². The number of nitrogens with one attached hydrogen (secondary N) is 1. The Morgan fingerprint density at radius 3 is 2.67 bits per heavy atom. The monoisotopic (exact) mass is 308 g/mol. The molecule has 1 aromatic carbocycles. The molecule has 0 aliphatic carbocycles. The van der Waals surface area contributed by atoms with Gasteiger partial charge in [-0.15, -0.1) is 0 Å². The summed E-state index contributed by atoms with van der Waals surface area (Å²) in [7, 11) is 0. The van der Waals surface area contributed by atoms with Crippen LogP contribution in [0, 0.1) is 0 Å². The van der Waals surface area contributed by atoms with Crippen LogP contribution in [0.4, 0.5) is 5.69 Å².